The lowest BCUT2D eigenvalue weighted by Crippen LogP contribution is -2.27. The van der Waals surface area contributed by atoms with E-state index in [4.69, 9.17) is 17.5 Å². The summed E-state index contributed by atoms with van der Waals surface area (Å²) >= 11 is 10.2. The van der Waals surface area contributed by atoms with Gasteiger partial charge in [-0.05, 0) is 61.1 Å². The maximum atomic E-state index is 10.6. The van der Waals surface area contributed by atoms with Gasteiger partial charge in [0.1, 0.15) is 6.29 Å². The quantitative estimate of drug-likeness (QED) is 0.0933. The van der Waals surface area contributed by atoms with Gasteiger partial charge in [0, 0.05) is 30.0 Å². The van der Waals surface area contributed by atoms with Crippen molar-refractivity contribution in [2.75, 3.05) is 11.1 Å². The van der Waals surface area contributed by atoms with Gasteiger partial charge in [-0.15, -0.1) is 22.7 Å². The number of carbonyl (C=O) groups excluding carboxylic acids is 1. The summed E-state index contributed by atoms with van der Waals surface area (Å²) in [7, 11) is 0. The Labute approximate surface area is 232 Å². The Balaban J connectivity index is 0.000000180. The molecular formula is C27H23N5OS4. The summed E-state index contributed by atoms with van der Waals surface area (Å²) in [5, 5.41) is 16.6. The zero-order chi connectivity index (χ0) is 26.0. The fraction of sp³-hybridized carbons (Fsp3) is 0.148. The molecule has 186 valence electrons. The van der Waals surface area contributed by atoms with Gasteiger partial charge in [-0.2, -0.15) is 5.26 Å². The first-order valence-corrected chi connectivity index (χ1v) is 14.4. The van der Waals surface area contributed by atoms with E-state index < -0.39 is 0 Å². The van der Waals surface area contributed by atoms with Crippen LogP contribution in [-0.4, -0.2) is 27.1 Å². The van der Waals surface area contributed by atoms with Crippen LogP contribution in [0.1, 0.15) is 27.3 Å². The second-order valence-electron chi connectivity index (χ2n) is 7.79. The van der Waals surface area contributed by atoms with Crippen molar-refractivity contribution in [3.63, 3.8) is 0 Å². The van der Waals surface area contributed by atoms with Crippen molar-refractivity contribution in [3.8, 4) is 6.07 Å². The molecule has 0 unspecified atom stereocenters. The topological polar surface area (TPSA) is 90.7 Å². The normalized spacial score (nSPS) is 10.4. The molecule has 5 rings (SSSR count). The van der Waals surface area contributed by atoms with Gasteiger partial charge in [-0.1, -0.05) is 42.1 Å². The van der Waals surface area contributed by atoms with Crippen molar-refractivity contribution in [2.45, 2.75) is 24.2 Å². The first kappa shape index (κ1) is 26.7. The van der Waals surface area contributed by atoms with E-state index in [0.717, 1.165) is 42.8 Å². The molecule has 0 spiro atoms. The van der Waals surface area contributed by atoms with Gasteiger partial charge in [-0.25, -0.2) is 9.97 Å². The molecule has 2 heterocycles. The molecule has 0 saturated heterocycles. The average molecular weight is 562 g/mol. The standard InChI is InChI=1S/C16H15N3S2.C11H8N2OS2/c1-11-18-14-8-7-13(9-15(14)21-11)19-16(20)17-10-12-5-3-2-4-6-12;12-4-1-5-15-11-13-9-3-2-8(7-14)6-10(9)16-11/h2-9H,10H2,1H3,(H2,17,19,20);2-3,6-7H,1,5H2. The molecule has 0 saturated carbocycles. The van der Waals surface area contributed by atoms with E-state index in [-0.39, 0.29) is 0 Å². The van der Waals surface area contributed by atoms with Crippen molar-refractivity contribution in [3.05, 3.63) is 82.9 Å². The highest BCUT2D eigenvalue weighted by Gasteiger charge is 2.05. The highest BCUT2D eigenvalue weighted by Crippen LogP contribution is 2.30. The molecular weight excluding hydrogens is 539 g/mol. The van der Waals surface area contributed by atoms with Crippen LogP contribution in [0.3, 0.4) is 0 Å². The van der Waals surface area contributed by atoms with E-state index in [9.17, 15) is 4.79 Å². The van der Waals surface area contributed by atoms with Crippen molar-refractivity contribution in [1.82, 2.24) is 15.3 Å². The smallest absolute Gasteiger partial charge is 0.171 e. The zero-order valence-corrected chi connectivity index (χ0v) is 23.2. The fourth-order valence-corrected chi connectivity index (χ4v) is 6.40. The molecule has 0 radical (unpaired) electrons. The van der Waals surface area contributed by atoms with E-state index in [0.29, 0.717) is 23.6 Å². The monoisotopic (exact) mass is 561 g/mol. The van der Waals surface area contributed by atoms with Crippen molar-refractivity contribution in [1.29, 1.82) is 5.26 Å². The van der Waals surface area contributed by atoms with Crippen molar-refractivity contribution >= 4 is 84.2 Å². The lowest BCUT2D eigenvalue weighted by atomic mass is 10.2. The summed E-state index contributed by atoms with van der Waals surface area (Å²) in [4.78, 5) is 19.5. The number of thiazole rings is 2. The van der Waals surface area contributed by atoms with Gasteiger partial charge in [0.15, 0.2) is 9.45 Å². The van der Waals surface area contributed by atoms with Gasteiger partial charge in [0.25, 0.3) is 0 Å². The van der Waals surface area contributed by atoms with E-state index >= 15 is 0 Å². The van der Waals surface area contributed by atoms with E-state index in [2.05, 4.69) is 44.9 Å². The Morgan fingerprint density at radius 2 is 1.81 bits per heavy atom. The predicted octanol–water partition coefficient (Wildman–Crippen LogP) is 7.21. The Morgan fingerprint density at radius 1 is 1.05 bits per heavy atom. The van der Waals surface area contributed by atoms with Crippen LogP contribution in [0.15, 0.2) is 71.1 Å². The van der Waals surface area contributed by atoms with Crippen LogP contribution in [-0.2, 0) is 6.54 Å². The number of benzene rings is 3. The van der Waals surface area contributed by atoms with Crippen LogP contribution in [0.4, 0.5) is 5.69 Å². The van der Waals surface area contributed by atoms with E-state index in [1.54, 1.807) is 40.5 Å². The molecule has 2 aromatic heterocycles. The number of nitrogens with zero attached hydrogens (tertiary/aromatic N) is 3. The number of hydrogen-bond donors (Lipinski definition) is 2. The third kappa shape index (κ3) is 7.81. The summed E-state index contributed by atoms with van der Waals surface area (Å²) < 4.78 is 3.14. The maximum Gasteiger partial charge on any atom is 0.171 e. The minimum absolute atomic E-state index is 0.528. The van der Waals surface area contributed by atoms with Gasteiger partial charge in [0.05, 0.1) is 31.5 Å². The Morgan fingerprint density at radius 3 is 2.59 bits per heavy atom. The zero-order valence-electron chi connectivity index (χ0n) is 19.9. The predicted molar refractivity (Wildman–Crippen MR) is 160 cm³/mol. The third-order valence-electron chi connectivity index (χ3n) is 5.02. The molecule has 3 aromatic carbocycles. The minimum atomic E-state index is 0.528. The number of rotatable bonds is 7. The number of aryl methyl sites for hydroxylation is 1. The minimum Gasteiger partial charge on any atom is -0.358 e. The summed E-state index contributed by atoms with van der Waals surface area (Å²) in [6.07, 6.45) is 1.36. The molecule has 5 aromatic rings. The number of hydrogen-bond acceptors (Lipinski definition) is 8. The second-order valence-corrected chi connectivity index (χ2v) is 11.8. The van der Waals surface area contributed by atoms with Crippen LogP contribution in [0.2, 0.25) is 0 Å². The molecule has 10 heteroatoms. The van der Waals surface area contributed by atoms with Crippen molar-refractivity contribution < 1.29 is 4.79 Å². The van der Waals surface area contributed by atoms with Gasteiger partial charge >= 0.3 is 0 Å². The molecule has 0 atom stereocenters. The molecule has 37 heavy (non-hydrogen) atoms. The van der Waals surface area contributed by atoms with E-state index in [1.165, 1.54) is 10.3 Å². The molecule has 0 amide bonds. The van der Waals surface area contributed by atoms with Gasteiger partial charge in [-0.3, -0.25) is 4.79 Å². The lowest BCUT2D eigenvalue weighted by Gasteiger charge is -2.10. The number of aldehydes is 1. The first-order valence-electron chi connectivity index (χ1n) is 11.4. The number of carbonyl (C=O) groups is 1. The van der Waals surface area contributed by atoms with Crippen LogP contribution in [0.5, 0.6) is 0 Å². The Hall–Kier alpha value is -3.36. The van der Waals surface area contributed by atoms with Gasteiger partial charge in [0.2, 0.25) is 0 Å². The number of nitriles is 1. The number of anilines is 1. The summed E-state index contributed by atoms with van der Waals surface area (Å²) in [5.74, 6) is 0.761. The summed E-state index contributed by atoms with van der Waals surface area (Å²) in [6, 6.07) is 23.8. The van der Waals surface area contributed by atoms with Crippen LogP contribution < -0.4 is 10.6 Å². The third-order valence-corrected chi connectivity index (χ3v) is 8.36. The Bertz CT molecular complexity index is 1560. The highest BCUT2D eigenvalue weighted by atomic mass is 32.2. The highest BCUT2D eigenvalue weighted by molar-refractivity contribution is 8.01. The maximum absolute atomic E-state index is 10.6. The van der Waals surface area contributed by atoms with E-state index in [1.807, 2.05) is 49.4 Å². The summed E-state index contributed by atoms with van der Waals surface area (Å²) in [6.45, 7) is 2.73. The second kappa shape index (κ2) is 13.3. The molecule has 2 N–H and O–H groups in total. The van der Waals surface area contributed by atoms with Crippen LogP contribution in [0.25, 0.3) is 20.4 Å². The first-order chi connectivity index (χ1) is 18.0. The van der Waals surface area contributed by atoms with Crippen molar-refractivity contribution in [2.24, 2.45) is 0 Å². The number of nitrogens with one attached hydrogen (secondary N) is 2. The Kier molecular flexibility index (Phi) is 9.57. The number of thiocarbonyl (C=S) groups is 1. The number of thioether (sulfide) groups is 1. The van der Waals surface area contributed by atoms with Crippen LogP contribution in [0, 0.1) is 18.3 Å². The molecule has 0 aliphatic heterocycles. The molecule has 0 fully saturated rings. The van der Waals surface area contributed by atoms with Gasteiger partial charge < -0.3 is 10.6 Å². The van der Waals surface area contributed by atoms with Crippen LogP contribution >= 0.6 is 46.7 Å². The molecule has 0 aliphatic carbocycles. The molecule has 0 aliphatic rings. The SMILES string of the molecule is Cc1nc2ccc(NC(=S)NCc3ccccc3)cc2s1.N#CCCSc1nc2ccc(C=O)cc2s1. The lowest BCUT2D eigenvalue weighted by molar-refractivity contribution is 0.112. The average Bonchev–Trinajstić information content (AvgIpc) is 3.49. The largest absolute Gasteiger partial charge is 0.358 e. The fourth-order valence-electron chi connectivity index (χ4n) is 3.31. The molecule has 6 nitrogen and oxygen atoms in total. The molecule has 0 bridgehead atoms. The number of aromatic nitrogens is 2. The number of fused-ring (bicyclic) bond motifs is 2. The summed E-state index contributed by atoms with van der Waals surface area (Å²) in [5.41, 5.74) is 4.80.